The van der Waals surface area contributed by atoms with Gasteiger partial charge in [0.1, 0.15) is 6.10 Å². The molecule has 0 spiro atoms. The number of hydrogen-bond donors (Lipinski definition) is 1. The number of allylic oxidation sites excluding steroid dienone is 1. The second-order valence-electron chi connectivity index (χ2n) is 5.37. The molecule has 1 aliphatic carbocycles. The van der Waals surface area contributed by atoms with Crippen molar-refractivity contribution in [3.63, 3.8) is 0 Å². The van der Waals surface area contributed by atoms with E-state index >= 15 is 0 Å². The molecule has 0 radical (unpaired) electrons. The minimum absolute atomic E-state index is 0.157. The summed E-state index contributed by atoms with van der Waals surface area (Å²) in [4.78, 5) is 12.1. The Labute approximate surface area is 119 Å². The Hall–Kier alpha value is -1.87. The summed E-state index contributed by atoms with van der Waals surface area (Å²) in [6, 6.07) is 8.84. The molecule has 0 amide bonds. The number of hydrogen-bond acceptors (Lipinski definition) is 3. The van der Waals surface area contributed by atoms with E-state index in [9.17, 15) is 9.90 Å². The highest BCUT2D eigenvalue weighted by Gasteiger charge is 2.33. The summed E-state index contributed by atoms with van der Waals surface area (Å²) in [7, 11) is 0. The van der Waals surface area contributed by atoms with Crippen LogP contribution >= 0.6 is 0 Å². The van der Waals surface area contributed by atoms with E-state index in [1.165, 1.54) is 0 Å². The number of aliphatic hydroxyl groups excluding tert-OH is 1. The lowest BCUT2D eigenvalue weighted by molar-refractivity contribution is 0.0172. The Morgan fingerprint density at radius 1 is 1.30 bits per heavy atom. The maximum absolute atomic E-state index is 12.1. The van der Waals surface area contributed by atoms with Crippen LogP contribution in [0.2, 0.25) is 0 Å². The molecule has 20 heavy (non-hydrogen) atoms. The minimum Gasteiger partial charge on any atom is -0.454 e. The molecule has 1 aromatic rings. The monoisotopic (exact) mass is 272 g/mol. The number of esters is 1. The van der Waals surface area contributed by atoms with Gasteiger partial charge in [0.2, 0.25) is 0 Å². The second-order valence-corrected chi connectivity index (χ2v) is 5.37. The molecule has 1 aliphatic rings. The standard InChI is InChI=1S/C17H20O3/c1-11(2)14-9-15(18)12(3)16(10-14)20-17(19)13-7-5-4-6-8-13/h4-8,14-16,18H,1,3,9-10H2,2H3/t14-,15-,16+/m1/s1. The van der Waals surface area contributed by atoms with E-state index < -0.39 is 12.2 Å². The molecule has 3 nitrogen and oxygen atoms in total. The highest BCUT2D eigenvalue weighted by atomic mass is 16.5. The van der Waals surface area contributed by atoms with Crippen molar-refractivity contribution in [1.82, 2.24) is 0 Å². The first kappa shape index (κ1) is 14.5. The zero-order valence-electron chi connectivity index (χ0n) is 11.7. The van der Waals surface area contributed by atoms with Crippen LogP contribution in [0.3, 0.4) is 0 Å². The molecule has 3 atom stereocenters. The van der Waals surface area contributed by atoms with Gasteiger partial charge in [-0.3, -0.25) is 0 Å². The van der Waals surface area contributed by atoms with Gasteiger partial charge in [0.25, 0.3) is 0 Å². The second kappa shape index (κ2) is 6.06. The number of rotatable bonds is 3. The topological polar surface area (TPSA) is 46.5 Å². The molecule has 2 rings (SSSR count). The first-order valence-corrected chi connectivity index (χ1v) is 6.77. The van der Waals surface area contributed by atoms with Crippen LogP contribution in [-0.2, 0) is 4.74 Å². The predicted octanol–water partition coefficient (Wildman–Crippen LogP) is 3.12. The van der Waals surface area contributed by atoms with E-state index in [4.69, 9.17) is 4.74 Å². The fraction of sp³-hybridized carbons (Fsp3) is 0.353. The summed E-state index contributed by atoms with van der Waals surface area (Å²) < 4.78 is 5.50. The van der Waals surface area contributed by atoms with Gasteiger partial charge in [0.15, 0.2) is 0 Å². The van der Waals surface area contributed by atoms with Gasteiger partial charge in [0.05, 0.1) is 11.7 Å². The van der Waals surface area contributed by atoms with Crippen LogP contribution in [0.1, 0.15) is 30.1 Å². The first-order valence-electron chi connectivity index (χ1n) is 6.77. The first-order chi connectivity index (χ1) is 9.49. The van der Waals surface area contributed by atoms with Gasteiger partial charge >= 0.3 is 5.97 Å². The maximum atomic E-state index is 12.1. The predicted molar refractivity (Wildman–Crippen MR) is 78.3 cm³/mol. The van der Waals surface area contributed by atoms with Crippen molar-refractivity contribution in [1.29, 1.82) is 0 Å². The molecule has 1 saturated carbocycles. The molecular weight excluding hydrogens is 252 g/mol. The number of carbonyl (C=O) groups excluding carboxylic acids is 1. The molecule has 1 aromatic carbocycles. The fourth-order valence-corrected chi connectivity index (χ4v) is 2.44. The third-order valence-electron chi connectivity index (χ3n) is 3.80. The summed E-state index contributed by atoms with van der Waals surface area (Å²) >= 11 is 0. The van der Waals surface area contributed by atoms with Gasteiger partial charge in [-0.15, -0.1) is 0 Å². The van der Waals surface area contributed by atoms with Crippen LogP contribution in [0.15, 0.2) is 54.6 Å². The van der Waals surface area contributed by atoms with E-state index in [1.54, 1.807) is 24.3 Å². The van der Waals surface area contributed by atoms with Crippen molar-refractivity contribution in [2.45, 2.75) is 32.0 Å². The zero-order valence-corrected chi connectivity index (χ0v) is 11.7. The Kier molecular flexibility index (Phi) is 4.40. The van der Waals surface area contributed by atoms with Gasteiger partial charge in [-0.25, -0.2) is 4.79 Å². The fourth-order valence-electron chi connectivity index (χ4n) is 2.44. The van der Waals surface area contributed by atoms with Crippen molar-refractivity contribution < 1.29 is 14.6 Å². The van der Waals surface area contributed by atoms with Gasteiger partial charge in [-0.05, 0) is 43.4 Å². The largest absolute Gasteiger partial charge is 0.454 e. The van der Waals surface area contributed by atoms with Crippen molar-refractivity contribution in [2.75, 3.05) is 0 Å². The van der Waals surface area contributed by atoms with E-state index in [-0.39, 0.29) is 11.9 Å². The molecule has 0 unspecified atom stereocenters. The number of aliphatic hydroxyl groups is 1. The molecule has 3 heteroatoms. The van der Waals surface area contributed by atoms with E-state index in [2.05, 4.69) is 13.2 Å². The quantitative estimate of drug-likeness (QED) is 0.679. The third-order valence-corrected chi connectivity index (χ3v) is 3.80. The summed E-state index contributed by atoms with van der Waals surface area (Å²) in [6.07, 6.45) is 0.157. The van der Waals surface area contributed by atoms with Crippen LogP contribution in [-0.4, -0.2) is 23.3 Å². The van der Waals surface area contributed by atoms with E-state index in [0.29, 0.717) is 24.0 Å². The van der Waals surface area contributed by atoms with Gasteiger partial charge in [0, 0.05) is 0 Å². The highest BCUT2D eigenvalue weighted by molar-refractivity contribution is 5.89. The van der Waals surface area contributed by atoms with Crippen molar-refractivity contribution in [3.8, 4) is 0 Å². The smallest absolute Gasteiger partial charge is 0.338 e. The zero-order chi connectivity index (χ0) is 14.7. The molecule has 0 heterocycles. The summed E-state index contributed by atoms with van der Waals surface area (Å²) in [5.74, 6) is -0.226. The minimum atomic E-state index is -0.640. The van der Waals surface area contributed by atoms with Gasteiger partial charge in [-0.2, -0.15) is 0 Å². The Morgan fingerprint density at radius 3 is 2.55 bits per heavy atom. The van der Waals surface area contributed by atoms with E-state index in [0.717, 1.165) is 5.57 Å². The molecule has 1 fully saturated rings. The molecule has 0 aromatic heterocycles. The lowest BCUT2D eigenvalue weighted by Gasteiger charge is -2.34. The SMILES string of the molecule is C=C(C)[C@@H]1C[C@@H](O)C(=C)[C@@H](OC(=O)c2ccccc2)C1. The molecule has 0 bridgehead atoms. The molecule has 106 valence electrons. The average molecular weight is 272 g/mol. The summed E-state index contributed by atoms with van der Waals surface area (Å²) in [5, 5.41) is 10.0. The van der Waals surface area contributed by atoms with Crippen LogP contribution in [0.25, 0.3) is 0 Å². The van der Waals surface area contributed by atoms with Crippen molar-refractivity contribution in [2.24, 2.45) is 5.92 Å². The lowest BCUT2D eigenvalue weighted by atomic mass is 9.79. The maximum Gasteiger partial charge on any atom is 0.338 e. The van der Waals surface area contributed by atoms with Gasteiger partial charge < -0.3 is 9.84 Å². The lowest BCUT2D eigenvalue weighted by Crippen LogP contribution is -2.35. The molecular formula is C17H20O3. The van der Waals surface area contributed by atoms with Crippen LogP contribution in [0.5, 0.6) is 0 Å². The molecule has 0 saturated heterocycles. The Bertz CT molecular complexity index is 518. The molecule has 0 aliphatic heterocycles. The number of ether oxygens (including phenoxy) is 1. The average Bonchev–Trinajstić information content (AvgIpc) is 2.44. The van der Waals surface area contributed by atoms with Crippen molar-refractivity contribution >= 4 is 5.97 Å². The normalized spacial score (nSPS) is 26.1. The van der Waals surface area contributed by atoms with Gasteiger partial charge in [-0.1, -0.05) is 36.9 Å². The van der Waals surface area contributed by atoms with Crippen LogP contribution in [0.4, 0.5) is 0 Å². The highest BCUT2D eigenvalue weighted by Crippen LogP contribution is 2.34. The summed E-state index contributed by atoms with van der Waals surface area (Å²) in [5.41, 5.74) is 2.08. The van der Waals surface area contributed by atoms with Crippen molar-refractivity contribution in [3.05, 3.63) is 60.2 Å². The van der Waals surface area contributed by atoms with E-state index in [1.807, 2.05) is 13.0 Å². The molecule has 1 N–H and O–H groups in total. The number of benzene rings is 1. The Balaban J connectivity index is 2.09. The van der Waals surface area contributed by atoms with Crippen LogP contribution < -0.4 is 0 Å². The third kappa shape index (κ3) is 3.17. The van der Waals surface area contributed by atoms with Crippen LogP contribution in [0, 0.1) is 5.92 Å². The Morgan fingerprint density at radius 2 is 1.95 bits per heavy atom. The number of carbonyl (C=O) groups is 1. The summed E-state index contributed by atoms with van der Waals surface area (Å²) in [6.45, 7) is 9.72.